The van der Waals surface area contributed by atoms with Gasteiger partial charge < -0.3 is 4.74 Å². The first-order valence-corrected chi connectivity index (χ1v) is 6.41. The third-order valence-electron chi connectivity index (χ3n) is 2.46. The summed E-state index contributed by atoms with van der Waals surface area (Å²) in [6.07, 6.45) is 0. The van der Waals surface area contributed by atoms with E-state index in [1.54, 1.807) is 0 Å². The Morgan fingerprint density at radius 1 is 1.19 bits per heavy atom. The van der Waals surface area contributed by atoms with Gasteiger partial charge >= 0.3 is 5.69 Å². The van der Waals surface area contributed by atoms with Gasteiger partial charge in [-0.25, -0.2) is 0 Å². The molecule has 0 fully saturated rings. The molecule has 0 aliphatic carbocycles. The smallest absolute Gasteiger partial charge is 0.323 e. The number of nitro benzene ring substituents is 1. The number of thiophene rings is 1. The van der Waals surface area contributed by atoms with Crippen molar-refractivity contribution in [2.45, 2.75) is 6.92 Å². The highest BCUT2D eigenvalue weighted by Gasteiger charge is 2.23. The van der Waals surface area contributed by atoms with Crippen LogP contribution in [0.3, 0.4) is 0 Å². The number of benzene rings is 1. The lowest BCUT2D eigenvalue weighted by atomic mass is 10.3. The van der Waals surface area contributed by atoms with Gasteiger partial charge in [0, 0.05) is 12.1 Å². The van der Waals surface area contributed by atoms with Gasteiger partial charge in [-0.3, -0.25) is 25.0 Å². The van der Waals surface area contributed by atoms with Crippen LogP contribution in [0.25, 0.3) is 0 Å². The van der Waals surface area contributed by atoms with Crippen LogP contribution < -0.4 is 4.74 Å². The van der Waals surface area contributed by atoms with E-state index in [1.165, 1.54) is 25.1 Å². The minimum absolute atomic E-state index is 0.0873. The number of Topliss-reactive ketones (excluding diaryl/α,β-unsaturated/α-hetero) is 1. The summed E-state index contributed by atoms with van der Waals surface area (Å²) in [5.41, 5.74) is -0.546. The van der Waals surface area contributed by atoms with Gasteiger partial charge in [0.25, 0.3) is 10.8 Å². The number of carbonyl (C=O) groups excluding carboxylic acids is 1. The summed E-state index contributed by atoms with van der Waals surface area (Å²) in [5, 5.41) is 21.5. The van der Waals surface area contributed by atoms with Gasteiger partial charge in [-0.05, 0) is 13.0 Å². The first-order valence-electron chi connectivity index (χ1n) is 5.60. The predicted octanol–water partition coefficient (Wildman–Crippen LogP) is 3.56. The standard InChI is InChI=1S/C12H8N2O6S/c1-7(15)11-6-10(14(18)19)12(21-11)20-9-4-2-3-8(5-9)13(16)17/h2-6H,1H3. The number of non-ortho nitro benzene ring substituents is 1. The summed E-state index contributed by atoms with van der Waals surface area (Å²) in [6.45, 7) is 1.28. The van der Waals surface area contributed by atoms with E-state index in [1.807, 2.05) is 0 Å². The zero-order chi connectivity index (χ0) is 15.6. The lowest BCUT2D eigenvalue weighted by Crippen LogP contribution is -1.91. The number of nitrogens with zero attached hydrogens (tertiary/aromatic N) is 2. The molecule has 0 atom stereocenters. The second kappa shape index (κ2) is 5.67. The summed E-state index contributed by atoms with van der Waals surface area (Å²) < 4.78 is 5.31. The Labute approximate surface area is 121 Å². The van der Waals surface area contributed by atoms with Gasteiger partial charge in [-0.1, -0.05) is 17.4 Å². The van der Waals surface area contributed by atoms with Crippen molar-refractivity contribution in [1.29, 1.82) is 0 Å². The zero-order valence-electron chi connectivity index (χ0n) is 10.6. The van der Waals surface area contributed by atoms with Crippen molar-refractivity contribution in [2.75, 3.05) is 0 Å². The van der Waals surface area contributed by atoms with E-state index in [-0.39, 0.29) is 32.8 Å². The van der Waals surface area contributed by atoms with Crippen LogP contribution >= 0.6 is 11.3 Å². The fourth-order valence-electron chi connectivity index (χ4n) is 1.51. The first-order chi connectivity index (χ1) is 9.88. The van der Waals surface area contributed by atoms with Crippen LogP contribution in [0.5, 0.6) is 10.8 Å². The van der Waals surface area contributed by atoms with Crippen molar-refractivity contribution >= 4 is 28.5 Å². The molecule has 0 saturated heterocycles. The Morgan fingerprint density at radius 2 is 1.90 bits per heavy atom. The SMILES string of the molecule is CC(=O)c1cc([N+](=O)[O-])c(Oc2cccc([N+](=O)[O-])c2)s1. The summed E-state index contributed by atoms with van der Waals surface area (Å²) in [7, 11) is 0. The number of rotatable bonds is 5. The molecule has 1 aromatic heterocycles. The first kappa shape index (κ1) is 14.6. The van der Waals surface area contributed by atoms with Gasteiger partial charge in [0.2, 0.25) is 0 Å². The molecule has 2 rings (SSSR count). The fraction of sp³-hybridized carbons (Fsp3) is 0.0833. The third kappa shape index (κ3) is 3.20. The number of nitro groups is 2. The highest BCUT2D eigenvalue weighted by molar-refractivity contribution is 7.16. The van der Waals surface area contributed by atoms with Crippen LogP contribution in [0.2, 0.25) is 0 Å². The Hall–Kier alpha value is -2.81. The Bertz CT molecular complexity index is 739. The molecule has 0 radical (unpaired) electrons. The molecule has 8 nitrogen and oxygen atoms in total. The molecule has 0 N–H and O–H groups in total. The molecule has 0 bridgehead atoms. The number of hydrogen-bond donors (Lipinski definition) is 0. The van der Waals surface area contributed by atoms with Crippen molar-refractivity contribution in [3.8, 4) is 10.8 Å². The molecular weight excluding hydrogens is 300 g/mol. The van der Waals surface area contributed by atoms with E-state index in [0.29, 0.717) is 0 Å². The minimum Gasteiger partial charge on any atom is -0.440 e. The highest BCUT2D eigenvalue weighted by Crippen LogP contribution is 2.40. The maximum absolute atomic E-state index is 11.3. The average Bonchev–Trinajstić information content (AvgIpc) is 2.83. The van der Waals surface area contributed by atoms with E-state index in [2.05, 4.69) is 0 Å². The molecule has 1 aromatic carbocycles. The van der Waals surface area contributed by atoms with Crippen molar-refractivity contribution in [1.82, 2.24) is 0 Å². The van der Waals surface area contributed by atoms with Crippen LogP contribution in [0.15, 0.2) is 30.3 Å². The van der Waals surface area contributed by atoms with Crippen LogP contribution in [-0.2, 0) is 0 Å². The second-order valence-electron chi connectivity index (χ2n) is 3.95. The van der Waals surface area contributed by atoms with Gasteiger partial charge in [-0.2, -0.15) is 0 Å². The third-order valence-corrected chi connectivity index (χ3v) is 3.57. The van der Waals surface area contributed by atoms with Crippen LogP contribution in [0.4, 0.5) is 11.4 Å². The van der Waals surface area contributed by atoms with Gasteiger partial charge in [0.1, 0.15) is 5.75 Å². The van der Waals surface area contributed by atoms with Crippen molar-refractivity contribution in [3.63, 3.8) is 0 Å². The van der Waals surface area contributed by atoms with Crippen molar-refractivity contribution in [2.24, 2.45) is 0 Å². The summed E-state index contributed by atoms with van der Waals surface area (Å²) in [5.74, 6) is -0.235. The second-order valence-corrected chi connectivity index (χ2v) is 4.97. The molecule has 0 unspecified atom stereocenters. The molecule has 0 spiro atoms. The summed E-state index contributed by atoms with van der Waals surface area (Å²) in [4.78, 5) is 31.8. The molecule has 0 aliphatic heterocycles. The molecule has 1 heterocycles. The summed E-state index contributed by atoms with van der Waals surface area (Å²) in [6, 6.07) is 6.38. The van der Waals surface area contributed by atoms with Crippen molar-refractivity contribution in [3.05, 3.63) is 55.4 Å². The van der Waals surface area contributed by atoms with E-state index in [0.717, 1.165) is 23.5 Å². The Balaban J connectivity index is 2.39. The van der Waals surface area contributed by atoms with Gasteiger partial charge in [0.15, 0.2) is 5.78 Å². The average molecular weight is 308 g/mol. The number of ketones is 1. The predicted molar refractivity (Wildman–Crippen MR) is 74.1 cm³/mol. The molecule has 108 valence electrons. The minimum atomic E-state index is -0.671. The molecule has 0 aliphatic rings. The number of carbonyl (C=O) groups is 1. The van der Waals surface area contributed by atoms with E-state index in [4.69, 9.17) is 4.74 Å². The molecule has 9 heteroatoms. The molecular formula is C12H8N2O6S. The fourth-order valence-corrected chi connectivity index (χ4v) is 2.40. The molecule has 0 amide bonds. The summed E-state index contributed by atoms with van der Waals surface area (Å²) >= 11 is 0.822. The molecule has 0 saturated carbocycles. The lowest BCUT2D eigenvalue weighted by Gasteiger charge is -2.02. The van der Waals surface area contributed by atoms with Gasteiger partial charge in [0.05, 0.1) is 20.8 Å². The Morgan fingerprint density at radius 3 is 2.48 bits per heavy atom. The van der Waals surface area contributed by atoms with E-state index < -0.39 is 9.85 Å². The van der Waals surface area contributed by atoms with Crippen molar-refractivity contribution < 1.29 is 19.4 Å². The van der Waals surface area contributed by atoms with Gasteiger partial charge in [-0.15, -0.1) is 0 Å². The largest absolute Gasteiger partial charge is 0.440 e. The van der Waals surface area contributed by atoms with E-state index >= 15 is 0 Å². The lowest BCUT2D eigenvalue weighted by molar-refractivity contribution is -0.385. The molecule has 21 heavy (non-hydrogen) atoms. The topological polar surface area (TPSA) is 113 Å². The number of ether oxygens (including phenoxy) is 1. The maximum atomic E-state index is 11.3. The highest BCUT2D eigenvalue weighted by atomic mass is 32.1. The molecule has 2 aromatic rings. The number of hydrogen-bond acceptors (Lipinski definition) is 7. The van der Waals surface area contributed by atoms with Crippen LogP contribution in [0, 0.1) is 20.2 Å². The maximum Gasteiger partial charge on any atom is 0.323 e. The van der Waals surface area contributed by atoms with Crippen LogP contribution in [0.1, 0.15) is 16.6 Å². The monoisotopic (exact) mass is 308 g/mol. The Kier molecular flexibility index (Phi) is 3.94. The van der Waals surface area contributed by atoms with Crippen LogP contribution in [-0.4, -0.2) is 15.6 Å². The zero-order valence-corrected chi connectivity index (χ0v) is 11.5. The quantitative estimate of drug-likeness (QED) is 0.474. The normalized spacial score (nSPS) is 10.1. The van der Waals surface area contributed by atoms with E-state index in [9.17, 15) is 25.0 Å².